The first kappa shape index (κ1) is 23.1. The van der Waals surface area contributed by atoms with Crippen LogP contribution in [0.1, 0.15) is 34.3 Å². The molecule has 2 aliphatic heterocycles. The number of nitrogens with zero attached hydrogens (tertiary/aromatic N) is 3. The van der Waals surface area contributed by atoms with E-state index in [-0.39, 0.29) is 22.8 Å². The smallest absolute Gasteiger partial charge is 0.384 e. The molecule has 0 aromatic heterocycles. The summed E-state index contributed by atoms with van der Waals surface area (Å²) in [6.07, 6.45) is -3.08. The van der Waals surface area contributed by atoms with Crippen molar-refractivity contribution in [3.8, 4) is 6.07 Å². The average molecular weight is 457 g/mol. The summed E-state index contributed by atoms with van der Waals surface area (Å²) in [4.78, 5) is 16.9. The maximum Gasteiger partial charge on any atom is 0.417 e. The van der Waals surface area contributed by atoms with Crippen LogP contribution < -0.4 is 4.90 Å². The van der Waals surface area contributed by atoms with Crippen molar-refractivity contribution in [1.29, 1.82) is 5.26 Å². The van der Waals surface area contributed by atoms with Gasteiger partial charge in [0.05, 0.1) is 23.8 Å². The summed E-state index contributed by atoms with van der Waals surface area (Å²) in [6.45, 7) is 2.92. The number of hydrogen-bond donors (Lipinski definition) is 0. The molecule has 2 aromatic rings. The van der Waals surface area contributed by atoms with E-state index in [0.29, 0.717) is 44.0 Å². The molecule has 0 radical (unpaired) electrons. The van der Waals surface area contributed by atoms with Gasteiger partial charge in [0.1, 0.15) is 0 Å². The maximum atomic E-state index is 13.4. The lowest BCUT2D eigenvalue weighted by Gasteiger charge is -2.43. The Morgan fingerprint density at radius 2 is 1.88 bits per heavy atom. The van der Waals surface area contributed by atoms with Crippen LogP contribution in [-0.2, 0) is 10.9 Å². The molecule has 2 aromatic carbocycles. The van der Waals surface area contributed by atoms with Crippen molar-refractivity contribution in [1.82, 2.24) is 4.90 Å². The lowest BCUT2D eigenvalue weighted by atomic mass is 9.71. The summed E-state index contributed by atoms with van der Waals surface area (Å²) in [5.74, 6) is 0.168. The normalized spacial score (nSPS) is 20.2. The molecule has 8 heteroatoms. The van der Waals surface area contributed by atoms with Crippen LogP contribution in [0.4, 0.5) is 18.9 Å². The minimum Gasteiger partial charge on any atom is -0.384 e. The van der Waals surface area contributed by atoms with Crippen molar-refractivity contribution in [3.05, 3.63) is 65.2 Å². The molecule has 4 rings (SSSR count). The number of rotatable bonds is 4. The molecule has 1 amide bonds. The van der Waals surface area contributed by atoms with Crippen LogP contribution in [0, 0.1) is 22.7 Å². The van der Waals surface area contributed by atoms with Crippen molar-refractivity contribution in [2.24, 2.45) is 11.3 Å². The van der Waals surface area contributed by atoms with Gasteiger partial charge in [-0.05, 0) is 48.6 Å². The van der Waals surface area contributed by atoms with Crippen molar-refractivity contribution in [3.63, 3.8) is 0 Å². The zero-order chi connectivity index (χ0) is 23.6. The average Bonchev–Trinajstić information content (AvgIpc) is 3.16. The van der Waals surface area contributed by atoms with Gasteiger partial charge in [0, 0.05) is 50.5 Å². The lowest BCUT2D eigenvalue weighted by Crippen LogP contribution is -2.45. The molecule has 0 bridgehead atoms. The number of carbonyl (C=O) groups excluding carboxylic acids is 1. The number of methoxy groups -OCH3 is 1. The summed E-state index contributed by atoms with van der Waals surface area (Å²) in [5, 5.41) is 9.05. The number of hydrogen-bond acceptors (Lipinski definition) is 4. The second-order valence-electron chi connectivity index (χ2n) is 8.89. The van der Waals surface area contributed by atoms with E-state index in [0.717, 1.165) is 18.9 Å². The number of halogens is 3. The third-order valence-electron chi connectivity index (χ3n) is 7.04. The minimum absolute atomic E-state index is 0.00193. The number of carbonyl (C=O) groups is 1. The van der Waals surface area contributed by atoms with Gasteiger partial charge in [-0.3, -0.25) is 4.79 Å². The first-order valence-corrected chi connectivity index (χ1v) is 11.0. The molecule has 2 heterocycles. The Labute approximate surface area is 191 Å². The summed E-state index contributed by atoms with van der Waals surface area (Å²) >= 11 is 0. The fourth-order valence-electron chi connectivity index (χ4n) is 5.22. The number of benzene rings is 2. The van der Waals surface area contributed by atoms with Crippen LogP contribution in [-0.4, -0.2) is 50.7 Å². The zero-order valence-electron chi connectivity index (χ0n) is 18.4. The number of alkyl halides is 3. The summed E-state index contributed by atoms with van der Waals surface area (Å²) in [5.41, 5.74) is -0.280. The van der Waals surface area contributed by atoms with E-state index < -0.39 is 11.7 Å². The molecule has 0 aliphatic carbocycles. The number of likely N-dealkylation sites (tertiary alicyclic amines) is 1. The van der Waals surface area contributed by atoms with E-state index >= 15 is 0 Å². The molecule has 1 unspecified atom stereocenters. The van der Waals surface area contributed by atoms with Gasteiger partial charge < -0.3 is 14.5 Å². The van der Waals surface area contributed by atoms with Gasteiger partial charge >= 0.3 is 6.18 Å². The Hall–Kier alpha value is -3.05. The Morgan fingerprint density at radius 3 is 2.48 bits per heavy atom. The Bertz CT molecular complexity index is 1040. The number of nitriles is 1. The van der Waals surface area contributed by atoms with E-state index in [4.69, 9.17) is 10.00 Å². The molecule has 2 saturated heterocycles. The predicted molar refractivity (Wildman–Crippen MR) is 118 cm³/mol. The molecule has 5 nitrogen and oxygen atoms in total. The van der Waals surface area contributed by atoms with Gasteiger partial charge in [0.25, 0.3) is 5.91 Å². The fourth-order valence-corrected chi connectivity index (χ4v) is 5.22. The third-order valence-corrected chi connectivity index (χ3v) is 7.04. The molecular weight excluding hydrogens is 431 g/mol. The maximum absolute atomic E-state index is 13.4. The van der Waals surface area contributed by atoms with E-state index in [1.54, 1.807) is 19.2 Å². The van der Waals surface area contributed by atoms with Crippen molar-refractivity contribution in [2.75, 3.05) is 44.8 Å². The predicted octanol–water partition coefficient (Wildman–Crippen LogP) is 4.58. The quantitative estimate of drug-likeness (QED) is 0.674. The fraction of sp³-hybridized carbons (Fsp3) is 0.440. The van der Waals surface area contributed by atoms with Crippen LogP contribution in [0.3, 0.4) is 0 Å². The van der Waals surface area contributed by atoms with Crippen LogP contribution in [0.2, 0.25) is 0 Å². The highest BCUT2D eigenvalue weighted by molar-refractivity contribution is 5.94. The van der Waals surface area contributed by atoms with Crippen LogP contribution in [0.5, 0.6) is 0 Å². The zero-order valence-corrected chi connectivity index (χ0v) is 18.4. The van der Waals surface area contributed by atoms with Crippen molar-refractivity contribution in [2.45, 2.75) is 19.0 Å². The van der Waals surface area contributed by atoms with Gasteiger partial charge in [0.15, 0.2) is 0 Å². The highest BCUT2D eigenvalue weighted by atomic mass is 19.4. The van der Waals surface area contributed by atoms with Crippen LogP contribution in [0.15, 0.2) is 48.5 Å². The van der Waals surface area contributed by atoms with E-state index in [9.17, 15) is 18.0 Å². The Morgan fingerprint density at radius 1 is 1.18 bits per heavy atom. The monoisotopic (exact) mass is 457 g/mol. The first-order chi connectivity index (χ1) is 15.8. The summed E-state index contributed by atoms with van der Waals surface area (Å²) < 4.78 is 45.7. The molecule has 1 spiro atoms. The third kappa shape index (κ3) is 4.55. The molecule has 2 fully saturated rings. The first-order valence-electron chi connectivity index (χ1n) is 11.0. The van der Waals surface area contributed by atoms with E-state index in [1.807, 2.05) is 40.1 Å². The minimum atomic E-state index is -4.58. The molecule has 2 aliphatic rings. The standard InChI is InChI=1S/C25H26F3N3O2/c1-33-16-20-15-31(23(32)18-5-3-2-4-6-18)17-24(20)9-11-30(12-10-24)21-8-7-19(14-29)22(13-21)25(26,27)28/h2-8,13,20H,9-12,15-17H2,1H3. The SMILES string of the molecule is COCC1CN(C(=O)c2ccccc2)CC12CCN(c1ccc(C#N)c(C(F)(F)F)c1)CC2. The lowest BCUT2D eigenvalue weighted by molar-refractivity contribution is -0.137. The van der Waals surface area contributed by atoms with Gasteiger partial charge in [-0.15, -0.1) is 0 Å². The molecular formula is C25H26F3N3O2. The Kier molecular flexibility index (Phi) is 6.35. The van der Waals surface area contributed by atoms with Gasteiger partial charge in [-0.1, -0.05) is 18.2 Å². The highest BCUT2D eigenvalue weighted by Gasteiger charge is 2.49. The van der Waals surface area contributed by atoms with Gasteiger partial charge in [-0.2, -0.15) is 18.4 Å². The van der Waals surface area contributed by atoms with Gasteiger partial charge in [0.2, 0.25) is 0 Å². The van der Waals surface area contributed by atoms with E-state index in [2.05, 4.69) is 0 Å². The molecule has 33 heavy (non-hydrogen) atoms. The topological polar surface area (TPSA) is 56.6 Å². The highest BCUT2D eigenvalue weighted by Crippen LogP contribution is 2.46. The molecule has 174 valence electrons. The van der Waals surface area contributed by atoms with E-state index in [1.165, 1.54) is 6.07 Å². The molecule has 1 atom stereocenters. The number of ether oxygens (including phenoxy) is 1. The molecule has 0 N–H and O–H groups in total. The second-order valence-corrected chi connectivity index (χ2v) is 8.89. The van der Waals surface area contributed by atoms with Gasteiger partial charge in [-0.25, -0.2) is 0 Å². The molecule has 0 saturated carbocycles. The number of piperidine rings is 1. The largest absolute Gasteiger partial charge is 0.417 e. The number of anilines is 1. The van der Waals surface area contributed by atoms with Crippen LogP contribution in [0.25, 0.3) is 0 Å². The van der Waals surface area contributed by atoms with Crippen molar-refractivity contribution >= 4 is 11.6 Å². The second kappa shape index (κ2) is 9.06. The van der Waals surface area contributed by atoms with Crippen molar-refractivity contribution < 1.29 is 22.7 Å². The number of amides is 1. The Balaban J connectivity index is 1.51. The summed E-state index contributed by atoms with van der Waals surface area (Å²) in [6, 6.07) is 14.7. The van der Waals surface area contributed by atoms with Crippen LogP contribution >= 0.6 is 0 Å². The summed E-state index contributed by atoms with van der Waals surface area (Å²) in [7, 11) is 1.65.